The molecule has 0 radical (unpaired) electrons. The highest BCUT2D eigenvalue weighted by molar-refractivity contribution is 7.99. The summed E-state index contributed by atoms with van der Waals surface area (Å²) in [7, 11) is 1.64. The average Bonchev–Trinajstić information content (AvgIpc) is 2.97. The van der Waals surface area contributed by atoms with E-state index in [1.54, 1.807) is 31.3 Å². The van der Waals surface area contributed by atoms with Gasteiger partial charge in [0.2, 0.25) is 5.82 Å². The van der Waals surface area contributed by atoms with Gasteiger partial charge in [-0.1, -0.05) is 57.2 Å². The Hall–Kier alpha value is -3.95. The summed E-state index contributed by atoms with van der Waals surface area (Å²) in [6.07, 6.45) is 1.52. The number of anilines is 3. The molecule has 1 N–H and O–H groups in total. The molecule has 7 nitrogen and oxygen atoms in total. The molecule has 0 unspecified atom stereocenters. The van der Waals surface area contributed by atoms with Crippen LogP contribution in [0.25, 0.3) is 11.3 Å². The highest BCUT2D eigenvalue weighted by Gasteiger charge is 2.26. The Morgan fingerprint density at radius 1 is 0.976 bits per heavy atom. The van der Waals surface area contributed by atoms with Gasteiger partial charge in [0, 0.05) is 49.0 Å². The largest absolute Gasteiger partial charge is 0.319 e. The molecule has 0 saturated carbocycles. The van der Waals surface area contributed by atoms with Gasteiger partial charge in [-0.05, 0) is 47.4 Å². The standard InChI is InChI=1S/C32H34FN5O2S/c1-32(2,3)23-15-13-22(14-16-23)30(39)35-26-12-8-11-25(28(26)33)27-21-36(4)31(40)29(34-27)38(24-9-6-5-7-10-24)37-17-19-41-20-18-37/h5-16,21H,17-20H2,1-4H3,(H,35,39). The molecule has 4 aromatic rings. The Kier molecular flexibility index (Phi) is 8.28. The molecule has 0 atom stereocenters. The number of halogens is 1. The Balaban J connectivity index is 1.50. The van der Waals surface area contributed by atoms with Crippen LogP contribution in [0.3, 0.4) is 0 Å². The van der Waals surface area contributed by atoms with E-state index >= 15 is 4.39 Å². The van der Waals surface area contributed by atoms with Crippen LogP contribution in [0, 0.1) is 5.82 Å². The first kappa shape index (κ1) is 28.6. The van der Waals surface area contributed by atoms with E-state index in [1.807, 2.05) is 59.2 Å². The van der Waals surface area contributed by atoms with Gasteiger partial charge in [-0.2, -0.15) is 11.8 Å². The number of aryl methyl sites for hydroxylation is 1. The molecule has 3 aromatic carbocycles. The van der Waals surface area contributed by atoms with Crippen LogP contribution in [0.4, 0.5) is 21.6 Å². The molecule has 0 aliphatic carbocycles. The lowest BCUT2D eigenvalue weighted by molar-refractivity contribution is 0.102. The number of hydrazine groups is 1. The number of rotatable bonds is 6. The molecule has 1 aromatic heterocycles. The lowest BCUT2D eigenvalue weighted by atomic mass is 9.87. The third kappa shape index (κ3) is 6.21. The molecule has 1 aliphatic heterocycles. The zero-order valence-electron chi connectivity index (χ0n) is 23.7. The predicted octanol–water partition coefficient (Wildman–Crippen LogP) is 6.24. The van der Waals surface area contributed by atoms with Crippen molar-refractivity contribution >= 4 is 34.9 Å². The van der Waals surface area contributed by atoms with Gasteiger partial charge < -0.3 is 9.88 Å². The van der Waals surface area contributed by atoms with Crippen molar-refractivity contribution < 1.29 is 9.18 Å². The van der Waals surface area contributed by atoms with Crippen molar-refractivity contribution in [3.63, 3.8) is 0 Å². The van der Waals surface area contributed by atoms with Gasteiger partial charge >= 0.3 is 0 Å². The summed E-state index contributed by atoms with van der Waals surface area (Å²) in [5.74, 6) is 1.02. The normalized spacial score (nSPS) is 14.1. The number of para-hydroxylation sites is 1. The highest BCUT2D eigenvalue weighted by Crippen LogP contribution is 2.31. The van der Waals surface area contributed by atoms with E-state index in [2.05, 4.69) is 31.1 Å². The fourth-order valence-electron chi connectivity index (χ4n) is 4.74. The maximum atomic E-state index is 15.9. The van der Waals surface area contributed by atoms with Crippen LogP contribution in [0.2, 0.25) is 0 Å². The van der Waals surface area contributed by atoms with Crippen molar-refractivity contribution in [3.05, 3.63) is 106 Å². The number of nitrogens with one attached hydrogen (secondary N) is 1. The van der Waals surface area contributed by atoms with E-state index in [4.69, 9.17) is 4.98 Å². The summed E-state index contributed by atoms with van der Waals surface area (Å²) >= 11 is 1.87. The third-order valence-electron chi connectivity index (χ3n) is 7.06. The number of thioether (sulfide) groups is 1. The number of hydrogen-bond donors (Lipinski definition) is 1. The Labute approximate surface area is 244 Å². The zero-order chi connectivity index (χ0) is 29.1. The van der Waals surface area contributed by atoms with Gasteiger partial charge in [0.15, 0.2) is 5.82 Å². The van der Waals surface area contributed by atoms with E-state index in [1.165, 1.54) is 16.8 Å². The topological polar surface area (TPSA) is 70.5 Å². The quantitative estimate of drug-likeness (QED) is 0.296. The van der Waals surface area contributed by atoms with Gasteiger partial charge in [-0.3, -0.25) is 14.6 Å². The van der Waals surface area contributed by atoms with Gasteiger partial charge in [0.05, 0.1) is 17.1 Å². The molecule has 1 fully saturated rings. The maximum absolute atomic E-state index is 15.9. The van der Waals surface area contributed by atoms with Crippen LogP contribution < -0.4 is 15.9 Å². The van der Waals surface area contributed by atoms with E-state index in [0.29, 0.717) is 5.56 Å². The number of carbonyl (C=O) groups is 1. The van der Waals surface area contributed by atoms with Crippen LogP contribution in [-0.2, 0) is 12.5 Å². The summed E-state index contributed by atoms with van der Waals surface area (Å²) in [4.78, 5) is 31.1. The molecule has 212 valence electrons. The molecular formula is C32H34FN5O2S. The van der Waals surface area contributed by atoms with Crippen molar-refractivity contribution in [3.8, 4) is 11.3 Å². The molecule has 2 heterocycles. The SMILES string of the molecule is Cn1cc(-c2cccc(NC(=O)c3ccc(C(C)(C)C)cc3)c2F)nc(N(c2ccccc2)N2CCSCC2)c1=O. The van der Waals surface area contributed by atoms with E-state index < -0.39 is 11.7 Å². The van der Waals surface area contributed by atoms with E-state index in [0.717, 1.165) is 35.8 Å². The Bertz CT molecular complexity index is 1590. The fourth-order valence-corrected chi connectivity index (χ4v) is 5.63. The minimum absolute atomic E-state index is 0.0394. The third-order valence-corrected chi connectivity index (χ3v) is 8.00. The number of nitrogens with zero attached hydrogens (tertiary/aromatic N) is 4. The molecule has 5 rings (SSSR count). The Morgan fingerprint density at radius 3 is 2.32 bits per heavy atom. The van der Waals surface area contributed by atoms with E-state index in [9.17, 15) is 9.59 Å². The zero-order valence-corrected chi connectivity index (χ0v) is 24.5. The summed E-state index contributed by atoms with van der Waals surface area (Å²) < 4.78 is 17.4. The van der Waals surface area contributed by atoms with Crippen LogP contribution in [0.5, 0.6) is 0 Å². The van der Waals surface area contributed by atoms with E-state index in [-0.39, 0.29) is 33.7 Å². The molecular weight excluding hydrogens is 537 g/mol. The smallest absolute Gasteiger partial charge is 0.295 e. The summed E-state index contributed by atoms with van der Waals surface area (Å²) in [5.41, 5.74) is 2.52. The fraction of sp³-hybridized carbons (Fsp3) is 0.281. The second-order valence-corrected chi connectivity index (χ2v) is 12.3. The first-order valence-electron chi connectivity index (χ1n) is 13.6. The second kappa shape index (κ2) is 11.9. The van der Waals surface area contributed by atoms with Gasteiger partial charge in [-0.25, -0.2) is 14.4 Å². The lowest BCUT2D eigenvalue weighted by Gasteiger charge is -2.37. The molecule has 0 bridgehead atoms. The molecule has 1 amide bonds. The van der Waals surface area contributed by atoms with Gasteiger partial charge in [-0.15, -0.1) is 0 Å². The van der Waals surface area contributed by atoms with Gasteiger partial charge in [0.25, 0.3) is 11.5 Å². The number of benzene rings is 3. The monoisotopic (exact) mass is 571 g/mol. The maximum Gasteiger partial charge on any atom is 0.295 e. The van der Waals surface area contributed by atoms with Crippen LogP contribution >= 0.6 is 11.8 Å². The van der Waals surface area contributed by atoms with Gasteiger partial charge in [0.1, 0.15) is 0 Å². The summed E-state index contributed by atoms with van der Waals surface area (Å²) in [6, 6.07) is 21.7. The summed E-state index contributed by atoms with van der Waals surface area (Å²) in [5, 5.41) is 6.66. The molecule has 1 saturated heterocycles. The van der Waals surface area contributed by atoms with Crippen molar-refractivity contribution in [1.82, 2.24) is 14.6 Å². The lowest BCUT2D eigenvalue weighted by Crippen LogP contribution is -2.47. The second-order valence-electron chi connectivity index (χ2n) is 11.0. The first-order chi connectivity index (χ1) is 19.6. The minimum Gasteiger partial charge on any atom is -0.319 e. The van der Waals surface area contributed by atoms with Crippen molar-refractivity contribution in [1.29, 1.82) is 0 Å². The number of amides is 1. The average molecular weight is 572 g/mol. The number of hydrogen-bond acceptors (Lipinski definition) is 6. The van der Waals surface area contributed by atoms with Crippen molar-refractivity contribution in [2.45, 2.75) is 26.2 Å². The molecule has 41 heavy (non-hydrogen) atoms. The predicted molar refractivity (Wildman–Crippen MR) is 165 cm³/mol. The number of carbonyl (C=O) groups excluding carboxylic acids is 1. The van der Waals surface area contributed by atoms with Crippen molar-refractivity contribution in [2.75, 3.05) is 34.9 Å². The van der Waals surface area contributed by atoms with Crippen LogP contribution in [0.1, 0.15) is 36.7 Å². The first-order valence-corrected chi connectivity index (χ1v) is 14.7. The minimum atomic E-state index is -0.620. The Morgan fingerprint density at radius 2 is 1.66 bits per heavy atom. The van der Waals surface area contributed by atoms with Crippen molar-refractivity contribution in [2.24, 2.45) is 7.05 Å². The molecule has 0 spiro atoms. The summed E-state index contributed by atoms with van der Waals surface area (Å²) in [6.45, 7) is 7.81. The van der Waals surface area contributed by atoms with Crippen LogP contribution in [0.15, 0.2) is 83.8 Å². The van der Waals surface area contributed by atoms with Crippen LogP contribution in [-0.4, -0.2) is 45.1 Å². The number of aromatic nitrogens is 2. The molecule has 9 heteroatoms. The molecule has 1 aliphatic rings. The highest BCUT2D eigenvalue weighted by atomic mass is 32.2.